The zero-order valence-electron chi connectivity index (χ0n) is 9.57. The van der Waals surface area contributed by atoms with E-state index in [2.05, 4.69) is 0 Å². The van der Waals surface area contributed by atoms with Crippen molar-refractivity contribution in [3.63, 3.8) is 0 Å². The summed E-state index contributed by atoms with van der Waals surface area (Å²) in [5.74, 6) is -0.0792. The van der Waals surface area contributed by atoms with Gasteiger partial charge in [0.15, 0.2) is 0 Å². The van der Waals surface area contributed by atoms with E-state index in [4.69, 9.17) is 31.9 Å². The molecular weight excluding hydrogens is 246 g/mol. The molecule has 0 amide bonds. The number of hydrogen-bond acceptors (Lipinski definition) is 4. The molecule has 0 radical (unpaired) electrons. The zero-order chi connectivity index (χ0) is 13.0. The largest absolute Gasteiger partial charge is 0.497 e. The van der Waals surface area contributed by atoms with E-state index in [1.807, 2.05) is 0 Å². The number of aliphatic carboxylic acids is 1. The number of carboxylic acids is 1. The van der Waals surface area contributed by atoms with Crippen LogP contribution in [0.1, 0.15) is 5.56 Å². The lowest BCUT2D eigenvalue weighted by atomic mass is 10.1. The van der Waals surface area contributed by atoms with Gasteiger partial charge in [-0.1, -0.05) is 11.6 Å². The molecule has 0 saturated heterocycles. The van der Waals surface area contributed by atoms with Crippen LogP contribution in [0.5, 0.6) is 11.5 Å². The molecule has 0 aliphatic heterocycles. The van der Waals surface area contributed by atoms with Crippen LogP contribution in [0.25, 0.3) is 0 Å². The van der Waals surface area contributed by atoms with Crippen molar-refractivity contribution in [2.24, 2.45) is 5.73 Å². The van der Waals surface area contributed by atoms with E-state index in [0.717, 1.165) is 0 Å². The molecule has 0 aromatic heterocycles. The Balaban J connectivity index is 3.09. The van der Waals surface area contributed by atoms with Gasteiger partial charge in [0.1, 0.15) is 17.5 Å². The maximum absolute atomic E-state index is 10.7. The van der Waals surface area contributed by atoms with Gasteiger partial charge in [0.25, 0.3) is 0 Å². The smallest absolute Gasteiger partial charge is 0.320 e. The minimum absolute atomic E-state index is 0.0985. The number of carboxylic acid groups (broad SMARTS) is 1. The molecule has 0 spiro atoms. The van der Waals surface area contributed by atoms with Crippen LogP contribution in [-0.2, 0) is 11.2 Å². The topological polar surface area (TPSA) is 81.8 Å². The number of nitrogens with two attached hydrogens (primary N) is 1. The molecule has 0 bridgehead atoms. The van der Waals surface area contributed by atoms with E-state index in [1.165, 1.54) is 14.2 Å². The van der Waals surface area contributed by atoms with Crippen molar-refractivity contribution in [1.29, 1.82) is 0 Å². The minimum atomic E-state index is -1.08. The molecule has 1 aromatic rings. The van der Waals surface area contributed by atoms with Gasteiger partial charge < -0.3 is 20.3 Å². The molecular formula is C11H14ClNO4. The molecule has 0 heterocycles. The third-order valence-corrected chi connectivity index (χ3v) is 2.66. The van der Waals surface area contributed by atoms with Crippen molar-refractivity contribution in [2.75, 3.05) is 14.2 Å². The molecule has 17 heavy (non-hydrogen) atoms. The van der Waals surface area contributed by atoms with Crippen molar-refractivity contribution < 1.29 is 19.4 Å². The average molecular weight is 260 g/mol. The molecule has 3 N–H and O–H groups in total. The van der Waals surface area contributed by atoms with E-state index in [-0.39, 0.29) is 6.42 Å². The second kappa shape index (κ2) is 5.75. The highest BCUT2D eigenvalue weighted by molar-refractivity contribution is 6.31. The lowest BCUT2D eigenvalue weighted by Gasteiger charge is -2.14. The fourth-order valence-corrected chi connectivity index (χ4v) is 1.67. The normalized spacial score (nSPS) is 12.0. The summed E-state index contributed by atoms with van der Waals surface area (Å²) >= 11 is 6.03. The lowest BCUT2D eigenvalue weighted by molar-refractivity contribution is -0.138. The number of benzene rings is 1. The maximum atomic E-state index is 10.7. The number of rotatable bonds is 5. The van der Waals surface area contributed by atoms with Crippen LogP contribution in [-0.4, -0.2) is 31.3 Å². The minimum Gasteiger partial charge on any atom is -0.497 e. The van der Waals surface area contributed by atoms with E-state index >= 15 is 0 Å². The second-order valence-electron chi connectivity index (χ2n) is 3.44. The molecule has 1 atom stereocenters. The van der Waals surface area contributed by atoms with Crippen molar-refractivity contribution >= 4 is 17.6 Å². The van der Waals surface area contributed by atoms with Gasteiger partial charge in [-0.3, -0.25) is 4.79 Å². The molecule has 1 rings (SSSR count). The Morgan fingerprint density at radius 3 is 2.59 bits per heavy atom. The van der Waals surface area contributed by atoms with Gasteiger partial charge in [0, 0.05) is 18.1 Å². The average Bonchev–Trinajstić information content (AvgIpc) is 2.30. The second-order valence-corrected chi connectivity index (χ2v) is 3.85. The first-order valence-electron chi connectivity index (χ1n) is 4.88. The van der Waals surface area contributed by atoms with Gasteiger partial charge in [-0.2, -0.15) is 0 Å². The van der Waals surface area contributed by atoms with E-state index in [1.54, 1.807) is 12.1 Å². The molecule has 6 heteroatoms. The van der Waals surface area contributed by atoms with Gasteiger partial charge >= 0.3 is 5.97 Å². The summed E-state index contributed by atoms with van der Waals surface area (Å²) in [6.07, 6.45) is 0.0985. The molecule has 1 unspecified atom stereocenters. The van der Waals surface area contributed by atoms with Crippen molar-refractivity contribution in [3.8, 4) is 11.5 Å². The SMILES string of the molecule is COc1cc(Cl)c(CC(N)C(=O)O)c(OC)c1. The summed E-state index contributed by atoms with van der Waals surface area (Å²) in [5, 5.41) is 9.14. The standard InChI is InChI=1S/C11H14ClNO4/c1-16-6-3-8(12)7(10(4-6)17-2)5-9(13)11(14)15/h3-4,9H,5,13H2,1-2H3,(H,14,15). The Morgan fingerprint density at radius 1 is 1.47 bits per heavy atom. The van der Waals surface area contributed by atoms with E-state index in [9.17, 15) is 4.79 Å². The van der Waals surface area contributed by atoms with Crippen molar-refractivity contribution in [2.45, 2.75) is 12.5 Å². The van der Waals surface area contributed by atoms with Crippen LogP contribution in [0.4, 0.5) is 0 Å². The Kier molecular flexibility index (Phi) is 4.60. The third kappa shape index (κ3) is 3.25. The van der Waals surface area contributed by atoms with Gasteiger partial charge in [-0.25, -0.2) is 0 Å². The van der Waals surface area contributed by atoms with Crippen LogP contribution >= 0.6 is 11.6 Å². The summed E-state index contributed by atoms with van der Waals surface area (Å²) < 4.78 is 10.2. The van der Waals surface area contributed by atoms with Gasteiger partial charge in [0.05, 0.1) is 19.2 Å². The van der Waals surface area contributed by atoms with Gasteiger partial charge in [-0.15, -0.1) is 0 Å². The van der Waals surface area contributed by atoms with Crippen LogP contribution in [0.3, 0.4) is 0 Å². The van der Waals surface area contributed by atoms with E-state index < -0.39 is 12.0 Å². The van der Waals surface area contributed by atoms with Gasteiger partial charge in [-0.05, 0) is 6.07 Å². The Hall–Kier alpha value is -1.46. The molecule has 1 aromatic carbocycles. The van der Waals surface area contributed by atoms with E-state index in [0.29, 0.717) is 22.1 Å². The molecule has 0 aliphatic carbocycles. The van der Waals surface area contributed by atoms with Crippen molar-refractivity contribution in [3.05, 3.63) is 22.7 Å². The molecule has 94 valence electrons. The highest BCUT2D eigenvalue weighted by atomic mass is 35.5. The van der Waals surface area contributed by atoms with Crippen LogP contribution in [0.2, 0.25) is 5.02 Å². The summed E-state index contributed by atoms with van der Waals surface area (Å²) in [7, 11) is 2.98. The number of hydrogen-bond donors (Lipinski definition) is 2. The predicted octanol–water partition coefficient (Wildman–Crippen LogP) is 1.31. The maximum Gasteiger partial charge on any atom is 0.320 e. The first kappa shape index (κ1) is 13.6. The Bertz CT molecular complexity index is 422. The highest BCUT2D eigenvalue weighted by Crippen LogP contribution is 2.32. The van der Waals surface area contributed by atoms with Gasteiger partial charge in [0.2, 0.25) is 0 Å². The number of methoxy groups -OCH3 is 2. The fourth-order valence-electron chi connectivity index (χ4n) is 1.39. The lowest BCUT2D eigenvalue weighted by Crippen LogP contribution is -2.32. The van der Waals surface area contributed by atoms with Crippen LogP contribution < -0.4 is 15.2 Å². The Labute approximate surface area is 104 Å². The monoisotopic (exact) mass is 259 g/mol. The zero-order valence-corrected chi connectivity index (χ0v) is 10.3. The van der Waals surface area contributed by atoms with Crippen LogP contribution in [0.15, 0.2) is 12.1 Å². The predicted molar refractivity (Wildman–Crippen MR) is 63.9 cm³/mol. The summed E-state index contributed by atoms with van der Waals surface area (Å²) in [6.45, 7) is 0. The molecule has 0 saturated carbocycles. The van der Waals surface area contributed by atoms with Crippen molar-refractivity contribution in [1.82, 2.24) is 0 Å². The highest BCUT2D eigenvalue weighted by Gasteiger charge is 2.18. The third-order valence-electron chi connectivity index (χ3n) is 2.32. The number of carbonyl (C=O) groups is 1. The summed E-state index contributed by atoms with van der Waals surface area (Å²) in [4.78, 5) is 10.7. The van der Waals surface area contributed by atoms with Crippen LogP contribution in [0, 0.1) is 0 Å². The first-order chi connectivity index (χ1) is 7.99. The number of halogens is 1. The first-order valence-corrected chi connectivity index (χ1v) is 5.26. The molecule has 0 aliphatic rings. The quantitative estimate of drug-likeness (QED) is 0.833. The summed E-state index contributed by atoms with van der Waals surface area (Å²) in [6, 6.07) is 2.21. The summed E-state index contributed by atoms with van der Waals surface area (Å²) in [5.41, 5.74) is 6.03. The molecule has 0 fully saturated rings. The fraction of sp³-hybridized carbons (Fsp3) is 0.364. The Morgan fingerprint density at radius 2 is 2.12 bits per heavy atom. The molecule has 5 nitrogen and oxygen atoms in total. The number of ether oxygens (including phenoxy) is 2.